The first-order chi connectivity index (χ1) is 9.85. The van der Waals surface area contributed by atoms with E-state index in [4.69, 9.17) is 5.73 Å². The second-order valence-electron chi connectivity index (χ2n) is 4.86. The third kappa shape index (κ3) is 3.29. The van der Waals surface area contributed by atoms with Gasteiger partial charge < -0.3 is 5.73 Å². The molecule has 0 aromatic heterocycles. The molecule has 114 valence electrons. The average molecular weight is 311 g/mol. The Morgan fingerprint density at radius 1 is 1.38 bits per heavy atom. The number of carbonyl (C=O) groups is 2. The van der Waals surface area contributed by atoms with Gasteiger partial charge in [0.15, 0.2) is 0 Å². The largest absolute Gasteiger partial charge is 0.326 e. The van der Waals surface area contributed by atoms with Crippen LogP contribution in [-0.4, -0.2) is 38.2 Å². The summed E-state index contributed by atoms with van der Waals surface area (Å²) in [6, 6.07) is 5.29. The zero-order chi connectivity index (χ0) is 15.6. The van der Waals surface area contributed by atoms with Crippen LogP contribution >= 0.6 is 0 Å². The minimum absolute atomic E-state index is 0.0535. The summed E-state index contributed by atoms with van der Waals surface area (Å²) >= 11 is 0. The topological polar surface area (TPSA) is 110 Å². The third-order valence-electron chi connectivity index (χ3n) is 3.39. The second-order valence-corrected chi connectivity index (χ2v) is 6.57. The summed E-state index contributed by atoms with van der Waals surface area (Å²) in [5.74, 6) is -0.842. The summed E-state index contributed by atoms with van der Waals surface area (Å²) < 4.78 is 26.9. The molecule has 0 aliphatic carbocycles. The standard InChI is InChI=1S/C13H17N3O4S/c1-16-12(17)6-5-11(13(16)18)15-21(19,20)10-4-2-3-9(7-10)8-14/h2-4,7,11,15H,5-6,8,14H2,1H3. The first kappa shape index (κ1) is 15.6. The Kier molecular flexibility index (Phi) is 4.40. The second kappa shape index (κ2) is 5.92. The van der Waals surface area contributed by atoms with E-state index in [9.17, 15) is 18.0 Å². The molecule has 1 aliphatic heterocycles. The molecule has 1 saturated heterocycles. The van der Waals surface area contributed by atoms with Crippen LogP contribution in [0.1, 0.15) is 18.4 Å². The summed E-state index contributed by atoms with van der Waals surface area (Å²) in [7, 11) is -2.48. The molecule has 1 unspecified atom stereocenters. The smallest absolute Gasteiger partial charge is 0.247 e. The molecular weight excluding hydrogens is 294 g/mol. The average Bonchev–Trinajstić information content (AvgIpc) is 2.48. The fraction of sp³-hybridized carbons (Fsp3) is 0.385. The number of nitrogens with one attached hydrogen (secondary N) is 1. The number of hydrogen-bond acceptors (Lipinski definition) is 5. The minimum Gasteiger partial charge on any atom is -0.326 e. The van der Waals surface area contributed by atoms with Gasteiger partial charge in [-0.25, -0.2) is 8.42 Å². The molecule has 2 rings (SSSR count). The molecule has 1 atom stereocenters. The van der Waals surface area contributed by atoms with E-state index in [0.717, 1.165) is 4.90 Å². The van der Waals surface area contributed by atoms with Gasteiger partial charge in [0.1, 0.15) is 6.04 Å². The third-order valence-corrected chi connectivity index (χ3v) is 4.86. The zero-order valence-electron chi connectivity index (χ0n) is 11.6. The van der Waals surface area contributed by atoms with E-state index in [-0.39, 0.29) is 30.2 Å². The van der Waals surface area contributed by atoms with E-state index in [0.29, 0.717) is 5.56 Å². The number of imide groups is 1. The maximum atomic E-state index is 12.3. The Morgan fingerprint density at radius 2 is 2.10 bits per heavy atom. The van der Waals surface area contributed by atoms with Crippen LogP contribution in [0.5, 0.6) is 0 Å². The Labute approximate surface area is 123 Å². The van der Waals surface area contributed by atoms with Crippen molar-refractivity contribution < 1.29 is 18.0 Å². The Morgan fingerprint density at radius 3 is 2.76 bits per heavy atom. The lowest BCUT2D eigenvalue weighted by Crippen LogP contribution is -2.52. The van der Waals surface area contributed by atoms with E-state index >= 15 is 0 Å². The van der Waals surface area contributed by atoms with Gasteiger partial charge in [0.2, 0.25) is 21.8 Å². The molecule has 1 aromatic carbocycles. The van der Waals surface area contributed by atoms with Gasteiger partial charge in [-0.1, -0.05) is 12.1 Å². The van der Waals surface area contributed by atoms with Crippen molar-refractivity contribution in [2.24, 2.45) is 5.73 Å². The van der Waals surface area contributed by atoms with Crippen molar-refractivity contribution in [2.75, 3.05) is 7.05 Å². The molecule has 21 heavy (non-hydrogen) atoms. The van der Waals surface area contributed by atoms with Crippen molar-refractivity contribution in [3.8, 4) is 0 Å². The SMILES string of the molecule is CN1C(=O)CCC(NS(=O)(=O)c2cccc(CN)c2)C1=O. The number of benzene rings is 1. The molecule has 0 radical (unpaired) electrons. The fourth-order valence-corrected chi connectivity index (χ4v) is 3.41. The Bertz CT molecular complexity index is 672. The van der Waals surface area contributed by atoms with Crippen LogP contribution in [0, 0.1) is 0 Å². The molecule has 1 fully saturated rings. The molecule has 1 aromatic rings. The number of likely N-dealkylation sites (tertiary alicyclic amines) is 1. The highest BCUT2D eigenvalue weighted by Crippen LogP contribution is 2.16. The lowest BCUT2D eigenvalue weighted by molar-refractivity contribution is -0.147. The number of hydrogen-bond donors (Lipinski definition) is 2. The maximum absolute atomic E-state index is 12.3. The van der Waals surface area contributed by atoms with Crippen molar-refractivity contribution in [1.82, 2.24) is 9.62 Å². The minimum atomic E-state index is -3.83. The molecule has 0 spiro atoms. The predicted octanol–water partition coefficient (Wildman–Crippen LogP) is -0.429. The van der Waals surface area contributed by atoms with Crippen LogP contribution < -0.4 is 10.5 Å². The van der Waals surface area contributed by atoms with Crippen molar-refractivity contribution >= 4 is 21.8 Å². The summed E-state index contributed by atoms with van der Waals surface area (Å²) in [5.41, 5.74) is 6.17. The molecule has 7 nitrogen and oxygen atoms in total. The van der Waals surface area contributed by atoms with Gasteiger partial charge in [0.25, 0.3) is 0 Å². The Balaban J connectivity index is 2.21. The van der Waals surface area contributed by atoms with Crippen LogP contribution in [0.2, 0.25) is 0 Å². The maximum Gasteiger partial charge on any atom is 0.247 e. The van der Waals surface area contributed by atoms with Gasteiger partial charge in [-0.3, -0.25) is 14.5 Å². The highest BCUT2D eigenvalue weighted by molar-refractivity contribution is 7.89. The lowest BCUT2D eigenvalue weighted by atomic mass is 10.1. The quantitative estimate of drug-likeness (QED) is 0.733. The van der Waals surface area contributed by atoms with Gasteiger partial charge in [-0.05, 0) is 24.1 Å². The van der Waals surface area contributed by atoms with Crippen molar-refractivity contribution in [3.63, 3.8) is 0 Å². The van der Waals surface area contributed by atoms with E-state index in [1.54, 1.807) is 12.1 Å². The predicted molar refractivity (Wildman–Crippen MR) is 75.5 cm³/mol. The van der Waals surface area contributed by atoms with Crippen LogP contribution in [-0.2, 0) is 26.2 Å². The number of sulfonamides is 1. The highest BCUT2D eigenvalue weighted by atomic mass is 32.2. The molecule has 1 heterocycles. The summed E-state index contributed by atoms with van der Waals surface area (Å²) in [6.45, 7) is 0.225. The monoisotopic (exact) mass is 311 g/mol. The van der Waals surface area contributed by atoms with Gasteiger partial charge >= 0.3 is 0 Å². The van der Waals surface area contributed by atoms with E-state index in [1.807, 2.05) is 0 Å². The zero-order valence-corrected chi connectivity index (χ0v) is 12.4. The van der Waals surface area contributed by atoms with Gasteiger partial charge in [0.05, 0.1) is 4.90 Å². The number of piperidine rings is 1. The molecular formula is C13H17N3O4S. The van der Waals surface area contributed by atoms with Crippen molar-refractivity contribution in [2.45, 2.75) is 30.3 Å². The number of rotatable bonds is 4. The number of nitrogens with zero attached hydrogens (tertiary/aromatic N) is 1. The molecule has 0 bridgehead atoms. The van der Waals surface area contributed by atoms with Crippen LogP contribution in [0.25, 0.3) is 0 Å². The lowest BCUT2D eigenvalue weighted by Gasteiger charge is -2.28. The van der Waals surface area contributed by atoms with E-state index in [2.05, 4.69) is 4.72 Å². The van der Waals surface area contributed by atoms with Crippen LogP contribution in [0.3, 0.4) is 0 Å². The fourth-order valence-electron chi connectivity index (χ4n) is 2.12. The van der Waals surface area contributed by atoms with Gasteiger partial charge in [-0.15, -0.1) is 0 Å². The molecule has 1 aliphatic rings. The molecule has 3 N–H and O–H groups in total. The van der Waals surface area contributed by atoms with Crippen LogP contribution in [0.4, 0.5) is 0 Å². The molecule has 8 heteroatoms. The van der Waals surface area contributed by atoms with Crippen molar-refractivity contribution in [3.05, 3.63) is 29.8 Å². The molecule has 0 saturated carbocycles. The van der Waals surface area contributed by atoms with E-state index < -0.39 is 22.0 Å². The summed E-state index contributed by atoms with van der Waals surface area (Å²) in [4.78, 5) is 24.3. The number of likely N-dealkylation sites (N-methyl/N-ethyl adjacent to an activating group) is 1. The van der Waals surface area contributed by atoms with E-state index in [1.165, 1.54) is 19.2 Å². The normalized spacial score (nSPS) is 19.9. The first-order valence-electron chi connectivity index (χ1n) is 6.47. The number of carbonyl (C=O) groups excluding carboxylic acids is 2. The first-order valence-corrected chi connectivity index (χ1v) is 7.95. The summed E-state index contributed by atoms with van der Waals surface area (Å²) in [6.07, 6.45) is 0.302. The highest BCUT2D eigenvalue weighted by Gasteiger charge is 2.34. The van der Waals surface area contributed by atoms with Gasteiger partial charge in [0, 0.05) is 20.0 Å². The number of amides is 2. The Hall–Kier alpha value is -1.77. The van der Waals surface area contributed by atoms with Crippen LogP contribution in [0.15, 0.2) is 29.2 Å². The van der Waals surface area contributed by atoms with Gasteiger partial charge in [-0.2, -0.15) is 4.72 Å². The molecule has 2 amide bonds. The van der Waals surface area contributed by atoms with Crippen molar-refractivity contribution in [1.29, 1.82) is 0 Å². The summed E-state index contributed by atoms with van der Waals surface area (Å²) in [5, 5.41) is 0. The number of nitrogens with two attached hydrogens (primary N) is 1.